The van der Waals surface area contributed by atoms with Crippen LogP contribution in [-0.2, 0) is 29.1 Å². The number of rotatable bonds is 10. The third-order valence-corrected chi connectivity index (χ3v) is 11.7. The standard InChI is InChI=1S/C32H47FN6O4S/c1-5-38(6-2)15-14-35-31(41)37-21-12-10-20(11-13-21)36-25-17-22(16-24(33)28(25)30(34)40)39-26-9-7-8-23(26)29-27(39)18-32(3,4)19-44(29,42)43/h16-17,20-21,36H,5-15,18-19H2,1-4H3,(H2,34,40)(H2,35,37,41). The Balaban J connectivity index is 1.34. The second-order valence-corrected chi connectivity index (χ2v) is 15.3. The fourth-order valence-electron chi connectivity index (χ4n) is 7.38. The number of nitrogens with two attached hydrogens (primary N) is 1. The van der Waals surface area contributed by atoms with Crippen molar-refractivity contribution < 1.29 is 22.4 Å². The van der Waals surface area contributed by atoms with Gasteiger partial charge < -0.3 is 31.2 Å². The number of amides is 3. The number of sulfone groups is 1. The van der Waals surface area contributed by atoms with Crippen LogP contribution in [0.25, 0.3) is 5.69 Å². The van der Waals surface area contributed by atoms with Gasteiger partial charge in [0.15, 0.2) is 9.84 Å². The predicted molar refractivity (Wildman–Crippen MR) is 170 cm³/mol. The van der Waals surface area contributed by atoms with E-state index >= 15 is 4.39 Å². The molecule has 5 N–H and O–H groups in total. The van der Waals surface area contributed by atoms with Gasteiger partial charge in [-0.1, -0.05) is 27.7 Å². The Kier molecular flexibility index (Phi) is 9.32. The molecular formula is C32H47FN6O4S. The van der Waals surface area contributed by atoms with Crippen LogP contribution in [-0.4, -0.2) is 73.8 Å². The van der Waals surface area contributed by atoms with Gasteiger partial charge in [0.05, 0.1) is 27.6 Å². The van der Waals surface area contributed by atoms with E-state index in [1.807, 2.05) is 18.4 Å². The van der Waals surface area contributed by atoms with Crippen molar-refractivity contribution in [1.82, 2.24) is 20.1 Å². The van der Waals surface area contributed by atoms with Gasteiger partial charge >= 0.3 is 6.03 Å². The summed E-state index contributed by atoms with van der Waals surface area (Å²) in [4.78, 5) is 27.5. The van der Waals surface area contributed by atoms with E-state index in [-0.39, 0.29) is 29.4 Å². The maximum atomic E-state index is 15.7. The minimum absolute atomic E-state index is 0.0273. The molecule has 0 spiro atoms. The summed E-state index contributed by atoms with van der Waals surface area (Å²) in [5.74, 6) is -1.51. The van der Waals surface area contributed by atoms with Crippen LogP contribution in [0.15, 0.2) is 17.0 Å². The summed E-state index contributed by atoms with van der Waals surface area (Å²) in [7, 11) is -3.49. The number of likely N-dealkylation sites (N-methyl/N-ethyl adjacent to an activating group) is 1. The first-order chi connectivity index (χ1) is 20.8. The van der Waals surface area contributed by atoms with Crippen LogP contribution in [0.3, 0.4) is 0 Å². The van der Waals surface area contributed by atoms with E-state index in [0.717, 1.165) is 63.0 Å². The molecule has 1 aromatic carbocycles. The Morgan fingerprint density at radius 1 is 1.07 bits per heavy atom. The predicted octanol–water partition coefficient (Wildman–Crippen LogP) is 3.92. The normalized spacial score (nSPS) is 21.9. The van der Waals surface area contributed by atoms with Crippen molar-refractivity contribution in [3.05, 3.63) is 40.5 Å². The van der Waals surface area contributed by atoms with Crippen LogP contribution in [0.5, 0.6) is 0 Å². The highest BCUT2D eigenvalue weighted by atomic mass is 32.2. The highest BCUT2D eigenvalue weighted by Gasteiger charge is 2.42. The van der Waals surface area contributed by atoms with Crippen LogP contribution < -0.4 is 21.7 Å². The van der Waals surface area contributed by atoms with Gasteiger partial charge in [0.2, 0.25) is 0 Å². The number of hydrogen-bond acceptors (Lipinski definition) is 6. The van der Waals surface area contributed by atoms with Gasteiger partial charge in [-0.25, -0.2) is 17.6 Å². The van der Waals surface area contributed by atoms with E-state index < -0.39 is 27.0 Å². The zero-order valence-corrected chi connectivity index (χ0v) is 27.2. The van der Waals surface area contributed by atoms with E-state index in [0.29, 0.717) is 47.8 Å². The van der Waals surface area contributed by atoms with Crippen molar-refractivity contribution in [2.75, 3.05) is 37.2 Å². The van der Waals surface area contributed by atoms with Gasteiger partial charge in [-0.3, -0.25) is 4.79 Å². The molecule has 1 fully saturated rings. The summed E-state index contributed by atoms with van der Waals surface area (Å²) < 4.78 is 44.5. The average Bonchev–Trinajstić information content (AvgIpc) is 3.50. The van der Waals surface area contributed by atoms with Crippen molar-refractivity contribution in [2.45, 2.75) is 96.0 Å². The van der Waals surface area contributed by atoms with Crippen molar-refractivity contribution in [3.63, 3.8) is 0 Å². The number of nitrogens with one attached hydrogen (secondary N) is 3. The van der Waals surface area contributed by atoms with E-state index in [4.69, 9.17) is 5.73 Å². The monoisotopic (exact) mass is 630 g/mol. The van der Waals surface area contributed by atoms with E-state index in [9.17, 15) is 18.0 Å². The van der Waals surface area contributed by atoms with E-state index in [1.54, 1.807) is 6.07 Å². The molecular weight excluding hydrogens is 583 g/mol. The molecule has 2 aromatic rings. The Hall–Kier alpha value is -3.12. The number of carbonyl (C=O) groups excluding carboxylic acids is 2. The first kappa shape index (κ1) is 32.3. The van der Waals surface area contributed by atoms with Crippen molar-refractivity contribution in [2.24, 2.45) is 11.1 Å². The molecule has 1 saturated carbocycles. The number of nitrogens with zero attached hydrogens (tertiary/aromatic N) is 2. The summed E-state index contributed by atoms with van der Waals surface area (Å²) in [5.41, 5.74) is 8.26. The highest BCUT2D eigenvalue weighted by Crippen LogP contribution is 2.45. The zero-order chi connectivity index (χ0) is 31.8. The molecule has 5 rings (SSSR count). The third kappa shape index (κ3) is 6.61. The number of halogens is 1. The lowest BCUT2D eigenvalue weighted by atomic mass is 9.89. The fraction of sp³-hybridized carbons (Fsp3) is 0.625. The fourth-order valence-corrected chi connectivity index (χ4v) is 9.77. The van der Waals surface area contributed by atoms with E-state index in [2.05, 4.69) is 34.7 Å². The first-order valence-corrected chi connectivity index (χ1v) is 17.6. The van der Waals surface area contributed by atoms with Crippen molar-refractivity contribution in [3.8, 4) is 5.69 Å². The van der Waals surface area contributed by atoms with Crippen molar-refractivity contribution in [1.29, 1.82) is 0 Å². The van der Waals surface area contributed by atoms with Gasteiger partial charge in [0.1, 0.15) is 5.82 Å². The first-order valence-electron chi connectivity index (χ1n) is 16.0. The molecule has 1 aromatic heterocycles. The third-order valence-electron chi connectivity index (χ3n) is 9.41. The lowest BCUT2D eigenvalue weighted by Crippen LogP contribution is -2.46. The summed E-state index contributed by atoms with van der Waals surface area (Å²) in [6, 6.07) is 2.85. The van der Waals surface area contributed by atoms with E-state index in [1.165, 1.54) is 6.07 Å². The zero-order valence-electron chi connectivity index (χ0n) is 26.4. The van der Waals surface area contributed by atoms with Gasteiger partial charge in [-0.15, -0.1) is 0 Å². The van der Waals surface area contributed by atoms with Crippen LogP contribution >= 0.6 is 0 Å². The minimum Gasteiger partial charge on any atom is -0.382 e. The molecule has 1 aliphatic heterocycles. The summed E-state index contributed by atoms with van der Waals surface area (Å²) in [6.07, 6.45) is 5.69. The number of urea groups is 1. The average molecular weight is 631 g/mol. The van der Waals surface area contributed by atoms with Crippen molar-refractivity contribution >= 4 is 27.5 Å². The highest BCUT2D eigenvalue weighted by molar-refractivity contribution is 7.91. The van der Waals surface area contributed by atoms with Gasteiger partial charge in [-0.2, -0.15) is 0 Å². The number of anilines is 1. The number of carbonyl (C=O) groups is 2. The second-order valence-electron chi connectivity index (χ2n) is 13.3. The minimum atomic E-state index is -3.49. The number of primary amides is 1. The lowest BCUT2D eigenvalue weighted by Gasteiger charge is -2.32. The molecule has 2 heterocycles. The van der Waals surface area contributed by atoms with Crippen LogP contribution in [0.1, 0.15) is 87.1 Å². The SMILES string of the molecule is CCN(CC)CCNC(=O)NC1CCC(Nc2cc(-n3c4c(c5c3CC(C)(C)CS5(=O)=O)CCC4)cc(F)c2C(N)=O)CC1. The number of aromatic nitrogens is 1. The molecule has 0 saturated heterocycles. The topological polar surface area (TPSA) is 139 Å². The molecule has 3 aliphatic rings. The summed E-state index contributed by atoms with van der Waals surface area (Å²) >= 11 is 0. The van der Waals surface area contributed by atoms with Gasteiger partial charge in [0.25, 0.3) is 5.91 Å². The number of hydrogen-bond donors (Lipinski definition) is 4. The summed E-state index contributed by atoms with van der Waals surface area (Å²) in [5, 5.41) is 9.38. The largest absolute Gasteiger partial charge is 0.382 e. The summed E-state index contributed by atoms with van der Waals surface area (Å²) in [6.45, 7) is 11.4. The van der Waals surface area contributed by atoms with Crippen LogP contribution in [0.2, 0.25) is 0 Å². The number of benzene rings is 1. The van der Waals surface area contributed by atoms with Gasteiger partial charge in [0, 0.05) is 36.6 Å². The molecule has 0 unspecified atom stereocenters. The molecule has 0 bridgehead atoms. The molecule has 3 amide bonds. The molecule has 10 nitrogen and oxygen atoms in total. The Bertz CT molecular complexity index is 1520. The number of fused-ring (bicyclic) bond motifs is 3. The van der Waals surface area contributed by atoms with Gasteiger partial charge in [-0.05, 0) is 87.6 Å². The molecule has 0 radical (unpaired) electrons. The maximum absolute atomic E-state index is 15.7. The molecule has 44 heavy (non-hydrogen) atoms. The molecule has 12 heteroatoms. The maximum Gasteiger partial charge on any atom is 0.315 e. The lowest BCUT2D eigenvalue weighted by molar-refractivity contribution is 0.0997. The molecule has 0 atom stereocenters. The molecule has 242 valence electrons. The Morgan fingerprint density at radius 3 is 2.41 bits per heavy atom. The molecule has 2 aliphatic carbocycles. The Morgan fingerprint density at radius 2 is 1.75 bits per heavy atom. The Labute approximate surface area is 260 Å². The van der Waals surface area contributed by atoms with Crippen LogP contribution in [0, 0.1) is 11.2 Å². The van der Waals surface area contributed by atoms with Crippen LogP contribution in [0.4, 0.5) is 14.9 Å². The quantitative estimate of drug-likeness (QED) is 0.314. The smallest absolute Gasteiger partial charge is 0.315 e. The second kappa shape index (κ2) is 12.7.